The van der Waals surface area contributed by atoms with Crippen LogP contribution in [-0.2, 0) is 4.79 Å². The van der Waals surface area contributed by atoms with Crippen LogP contribution in [-0.4, -0.2) is 11.9 Å². The maximum atomic E-state index is 11.3. The van der Waals surface area contributed by atoms with Crippen molar-refractivity contribution in [3.8, 4) is 12.1 Å². The van der Waals surface area contributed by atoms with Crippen LogP contribution in [0.1, 0.15) is 0 Å². The lowest BCUT2D eigenvalue weighted by Gasteiger charge is -2.25. The molecule has 1 unspecified atom stereocenters. The predicted octanol–water partition coefficient (Wildman–Crippen LogP) is 0.331. The molecule has 0 amide bonds. The van der Waals surface area contributed by atoms with Crippen LogP contribution in [0.4, 0.5) is 0 Å². The standard InChI is InChI=1S/C8HCl2N2O2/c9-5-6(10)8(14)4(2-12)3(1-11)7(5)13/h7H/q-1. The number of nitriles is 2. The molecular formula is C8HCl2N2O2-. The number of ketones is 1. The molecule has 0 aromatic heterocycles. The highest BCUT2D eigenvalue weighted by Crippen LogP contribution is 2.30. The quantitative estimate of drug-likeness (QED) is 0.597. The Morgan fingerprint density at radius 1 is 1.29 bits per heavy atom. The van der Waals surface area contributed by atoms with Crippen molar-refractivity contribution >= 4 is 29.0 Å². The van der Waals surface area contributed by atoms with E-state index in [0.717, 1.165) is 0 Å². The highest BCUT2D eigenvalue weighted by Gasteiger charge is 2.28. The molecule has 14 heavy (non-hydrogen) atoms. The molecule has 0 spiro atoms. The van der Waals surface area contributed by atoms with E-state index < -0.39 is 33.1 Å². The van der Waals surface area contributed by atoms with Gasteiger partial charge in [0.1, 0.15) is 16.7 Å². The molecule has 70 valence electrons. The molecule has 0 fully saturated rings. The van der Waals surface area contributed by atoms with Gasteiger partial charge in [-0.2, -0.15) is 10.5 Å². The Labute approximate surface area is 89.3 Å². The van der Waals surface area contributed by atoms with Crippen LogP contribution in [0.15, 0.2) is 21.2 Å². The first-order valence-electron chi connectivity index (χ1n) is 3.34. The van der Waals surface area contributed by atoms with Gasteiger partial charge in [0.05, 0.1) is 6.07 Å². The minimum Gasteiger partial charge on any atom is -0.844 e. The van der Waals surface area contributed by atoms with E-state index in [1.165, 1.54) is 12.1 Å². The Morgan fingerprint density at radius 3 is 2.29 bits per heavy atom. The lowest BCUT2D eigenvalue weighted by atomic mass is 9.95. The third-order valence-electron chi connectivity index (χ3n) is 1.63. The largest absolute Gasteiger partial charge is 0.844 e. The zero-order chi connectivity index (χ0) is 10.9. The number of rotatable bonds is 0. The number of carbonyl (C=O) groups excluding carboxylic acids is 1. The summed E-state index contributed by atoms with van der Waals surface area (Å²) in [6.45, 7) is 0. The number of Topliss-reactive ketones (excluding diaryl/α,β-unsaturated/α-hetero) is 1. The average Bonchev–Trinajstić information content (AvgIpc) is 2.20. The van der Waals surface area contributed by atoms with Gasteiger partial charge in [-0.05, 0) is 6.10 Å². The molecule has 1 atom stereocenters. The van der Waals surface area contributed by atoms with Crippen LogP contribution in [0, 0.1) is 22.7 Å². The maximum Gasteiger partial charge on any atom is 0.217 e. The van der Waals surface area contributed by atoms with E-state index in [0.29, 0.717) is 0 Å². The van der Waals surface area contributed by atoms with E-state index in [2.05, 4.69) is 0 Å². The second kappa shape index (κ2) is 3.81. The van der Waals surface area contributed by atoms with Crippen molar-refractivity contribution in [2.75, 3.05) is 0 Å². The third-order valence-corrected chi connectivity index (χ3v) is 2.49. The van der Waals surface area contributed by atoms with E-state index in [1.54, 1.807) is 0 Å². The minimum atomic E-state index is -1.73. The van der Waals surface area contributed by atoms with Gasteiger partial charge in [0.15, 0.2) is 0 Å². The summed E-state index contributed by atoms with van der Waals surface area (Å²) in [7, 11) is 0. The van der Waals surface area contributed by atoms with Gasteiger partial charge < -0.3 is 5.11 Å². The van der Waals surface area contributed by atoms with Gasteiger partial charge in [0.2, 0.25) is 5.78 Å². The Hall–Kier alpha value is -1.33. The van der Waals surface area contributed by atoms with Crippen LogP contribution in [0.2, 0.25) is 0 Å². The van der Waals surface area contributed by atoms with Crippen molar-refractivity contribution in [1.29, 1.82) is 10.5 Å². The zero-order valence-electron chi connectivity index (χ0n) is 6.54. The first-order chi connectivity index (χ1) is 6.54. The lowest BCUT2D eigenvalue weighted by molar-refractivity contribution is -0.391. The van der Waals surface area contributed by atoms with Crippen molar-refractivity contribution in [3.63, 3.8) is 0 Å². The molecule has 1 aliphatic carbocycles. The Bertz CT molecular complexity index is 451. The van der Waals surface area contributed by atoms with Crippen LogP contribution in [0.25, 0.3) is 0 Å². The molecule has 0 radical (unpaired) electrons. The summed E-state index contributed by atoms with van der Waals surface area (Å²) in [5.41, 5.74) is -1.01. The van der Waals surface area contributed by atoms with E-state index in [1.807, 2.05) is 0 Å². The van der Waals surface area contributed by atoms with Crippen molar-refractivity contribution in [2.24, 2.45) is 0 Å². The van der Waals surface area contributed by atoms with Crippen molar-refractivity contribution in [1.82, 2.24) is 0 Å². The van der Waals surface area contributed by atoms with E-state index in [-0.39, 0.29) is 0 Å². The first kappa shape index (κ1) is 10.7. The molecule has 1 aliphatic rings. The molecule has 4 nitrogen and oxygen atoms in total. The molecule has 0 heterocycles. The van der Waals surface area contributed by atoms with E-state index >= 15 is 0 Å². The van der Waals surface area contributed by atoms with Gasteiger partial charge in [-0.25, -0.2) is 0 Å². The number of carbonyl (C=O) groups is 1. The summed E-state index contributed by atoms with van der Waals surface area (Å²) < 4.78 is 0. The zero-order valence-corrected chi connectivity index (χ0v) is 8.06. The highest BCUT2D eigenvalue weighted by molar-refractivity contribution is 6.51. The monoisotopic (exact) mass is 227 g/mol. The fourth-order valence-corrected chi connectivity index (χ4v) is 1.33. The summed E-state index contributed by atoms with van der Waals surface area (Å²) >= 11 is 10.8. The van der Waals surface area contributed by atoms with Crippen molar-refractivity contribution < 1.29 is 9.90 Å². The van der Waals surface area contributed by atoms with Crippen LogP contribution >= 0.6 is 23.2 Å². The van der Waals surface area contributed by atoms with Crippen LogP contribution in [0.3, 0.4) is 0 Å². The van der Waals surface area contributed by atoms with Gasteiger partial charge in [-0.3, -0.25) is 4.79 Å². The third kappa shape index (κ3) is 1.40. The molecule has 0 saturated carbocycles. The number of allylic oxidation sites excluding steroid dienone is 2. The topological polar surface area (TPSA) is 87.7 Å². The molecule has 0 aromatic rings. The average molecular weight is 228 g/mol. The summed E-state index contributed by atoms with van der Waals surface area (Å²) in [6.07, 6.45) is -1.73. The van der Waals surface area contributed by atoms with Gasteiger partial charge in [-0.1, -0.05) is 23.2 Å². The number of hydrogen-bond acceptors (Lipinski definition) is 4. The fourth-order valence-electron chi connectivity index (χ4n) is 0.939. The smallest absolute Gasteiger partial charge is 0.217 e. The molecular weight excluding hydrogens is 227 g/mol. The number of halogens is 2. The summed E-state index contributed by atoms with van der Waals surface area (Å²) in [6, 6.07) is 2.95. The summed E-state index contributed by atoms with van der Waals surface area (Å²) in [5.74, 6) is -0.872. The molecule has 1 rings (SSSR count). The van der Waals surface area contributed by atoms with Crippen molar-refractivity contribution in [3.05, 3.63) is 21.2 Å². The van der Waals surface area contributed by atoms with Gasteiger partial charge in [0, 0.05) is 10.6 Å². The van der Waals surface area contributed by atoms with Gasteiger partial charge in [-0.15, -0.1) is 0 Å². The second-order valence-electron chi connectivity index (χ2n) is 2.38. The predicted molar refractivity (Wildman–Crippen MR) is 45.8 cm³/mol. The second-order valence-corrected chi connectivity index (χ2v) is 3.17. The molecule has 0 bridgehead atoms. The molecule has 0 saturated heterocycles. The summed E-state index contributed by atoms with van der Waals surface area (Å²) in [4.78, 5) is 11.2. The normalized spacial score (nSPS) is 22.1. The van der Waals surface area contributed by atoms with Gasteiger partial charge >= 0.3 is 0 Å². The molecule has 0 aromatic carbocycles. The van der Waals surface area contributed by atoms with Crippen LogP contribution < -0.4 is 5.11 Å². The highest BCUT2D eigenvalue weighted by atomic mass is 35.5. The lowest BCUT2D eigenvalue weighted by Crippen LogP contribution is -2.33. The molecule has 0 aliphatic heterocycles. The van der Waals surface area contributed by atoms with Crippen LogP contribution in [0.5, 0.6) is 0 Å². The SMILES string of the molecule is N#CC1=C(C#N)C([O-])C(Cl)=C(Cl)C1=O. The molecule has 0 N–H and O–H groups in total. The fraction of sp³-hybridized carbons (Fsp3) is 0.125. The van der Waals surface area contributed by atoms with Crippen molar-refractivity contribution in [2.45, 2.75) is 6.10 Å². The van der Waals surface area contributed by atoms with E-state index in [9.17, 15) is 9.90 Å². The minimum absolute atomic E-state index is 0.438. The Balaban J connectivity index is 3.42. The Morgan fingerprint density at radius 2 is 1.86 bits per heavy atom. The number of hydrogen-bond donors (Lipinski definition) is 0. The Kier molecular flexibility index (Phi) is 2.93. The van der Waals surface area contributed by atoms with E-state index in [4.69, 9.17) is 33.7 Å². The van der Waals surface area contributed by atoms with Gasteiger partial charge in [0.25, 0.3) is 0 Å². The maximum absolute atomic E-state index is 11.3. The molecule has 6 heteroatoms. The number of nitrogens with zero attached hydrogens (tertiary/aromatic N) is 2. The first-order valence-corrected chi connectivity index (χ1v) is 4.10. The summed E-state index contributed by atoms with van der Waals surface area (Å²) in [5, 5.41) is 27.5.